The Morgan fingerprint density at radius 2 is 1.96 bits per heavy atom. The largest absolute Gasteiger partial charge is 0.468 e. The minimum absolute atomic E-state index is 0.181. The second-order valence-corrected chi connectivity index (χ2v) is 8.06. The Morgan fingerprint density at radius 3 is 2.61 bits per heavy atom. The number of hydrogen-bond donors (Lipinski definition) is 0. The van der Waals surface area contributed by atoms with Gasteiger partial charge in [0.1, 0.15) is 22.6 Å². The van der Waals surface area contributed by atoms with Gasteiger partial charge >= 0.3 is 5.97 Å². The van der Waals surface area contributed by atoms with Crippen LogP contribution in [-0.4, -0.2) is 59.7 Å². The molecular weight excluding hydrogens is 354 g/mol. The van der Waals surface area contributed by atoms with E-state index in [0.717, 1.165) is 30.7 Å². The second-order valence-electron chi connectivity index (χ2n) is 8.06. The van der Waals surface area contributed by atoms with Crippen LogP contribution in [0.1, 0.15) is 32.8 Å². The number of anilines is 1. The zero-order valence-electron chi connectivity index (χ0n) is 17.1. The van der Waals surface area contributed by atoms with Crippen molar-refractivity contribution in [1.82, 2.24) is 14.9 Å². The molecule has 0 unspecified atom stereocenters. The summed E-state index contributed by atoms with van der Waals surface area (Å²) in [6, 6.07) is 6.14. The summed E-state index contributed by atoms with van der Waals surface area (Å²) >= 11 is 0. The predicted octanol–water partition coefficient (Wildman–Crippen LogP) is 2.60. The van der Waals surface area contributed by atoms with Crippen LogP contribution in [0.2, 0.25) is 0 Å². The molecule has 1 aromatic carbocycles. The van der Waals surface area contributed by atoms with Crippen LogP contribution in [0.25, 0.3) is 11.0 Å². The van der Waals surface area contributed by atoms with Crippen molar-refractivity contribution in [3.05, 3.63) is 30.1 Å². The Morgan fingerprint density at radius 1 is 1.29 bits per heavy atom. The third-order valence-corrected chi connectivity index (χ3v) is 5.82. The third kappa shape index (κ3) is 3.52. The molecule has 148 valence electrons. The van der Waals surface area contributed by atoms with E-state index in [1.807, 2.05) is 33.0 Å². The van der Waals surface area contributed by atoms with Crippen LogP contribution < -0.4 is 4.90 Å². The van der Waals surface area contributed by atoms with Gasteiger partial charge < -0.3 is 9.64 Å². The Hall–Kier alpha value is -2.72. The van der Waals surface area contributed by atoms with Gasteiger partial charge in [0.2, 0.25) is 0 Å². The zero-order chi connectivity index (χ0) is 20.5. The van der Waals surface area contributed by atoms with Crippen LogP contribution in [-0.2, 0) is 9.53 Å². The molecule has 3 rings (SSSR count). The average molecular weight is 381 g/mol. The first-order valence-corrected chi connectivity index (χ1v) is 9.49. The molecule has 1 aliphatic rings. The van der Waals surface area contributed by atoms with Crippen LogP contribution in [0.4, 0.5) is 5.69 Å². The normalized spacial score (nSPS) is 20.2. The standard InChI is InChI=1S/C21H27N5O2/c1-14-10-16(25(4)21(2,3)20(27)28-5)13-26(12-14)17-7-6-15(11-22)18-19(17)24-9-8-23-18/h6-9,14,16H,10,12-13H2,1-5H3/t14-,16+/m0/s1. The van der Waals surface area contributed by atoms with E-state index in [1.54, 1.807) is 12.4 Å². The van der Waals surface area contributed by atoms with Crippen molar-refractivity contribution in [1.29, 1.82) is 5.26 Å². The van der Waals surface area contributed by atoms with Gasteiger partial charge in [-0.2, -0.15) is 5.26 Å². The molecule has 1 saturated heterocycles. The molecule has 0 radical (unpaired) electrons. The molecule has 7 heteroatoms. The van der Waals surface area contributed by atoms with Gasteiger partial charge in [-0.05, 0) is 45.4 Å². The molecule has 1 aromatic heterocycles. The summed E-state index contributed by atoms with van der Waals surface area (Å²) in [5, 5.41) is 9.38. The maximum absolute atomic E-state index is 12.3. The van der Waals surface area contributed by atoms with Crippen LogP contribution >= 0.6 is 0 Å². The summed E-state index contributed by atoms with van der Waals surface area (Å²) in [5.74, 6) is 0.200. The lowest BCUT2D eigenvalue weighted by atomic mass is 9.91. The number of hydrogen-bond acceptors (Lipinski definition) is 7. The molecule has 1 aliphatic heterocycles. The van der Waals surface area contributed by atoms with Crippen LogP contribution in [0.15, 0.2) is 24.5 Å². The van der Waals surface area contributed by atoms with Crippen molar-refractivity contribution in [2.24, 2.45) is 5.92 Å². The average Bonchev–Trinajstić information content (AvgIpc) is 2.71. The number of benzene rings is 1. The fraction of sp³-hybridized carbons (Fsp3) is 0.524. The van der Waals surface area contributed by atoms with Gasteiger partial charge in [0.05, 0.1) is 18.4 Å². The number of likely N-dealkylation sites (N-methyl/N-ethyl adjacent to an activating group) is 1. The summed E-state index contributed by atoms with van der Waals surface area (Å²) < 4.78 is 5.01. The van der Waals surface area contributed by atoms with Gasteiger partial charge in [-0.25, -0.2) is 0 Å². The van der Waals surface area contributed by atoms with Gasteiger partial charge in [0, 0.05) is 31.5 Å². The van der Waals surface area contributed by atoms with Gasteiger partial charge in [0.25, 0.3) is 0 Å². The van der Waals surface area contributed by atoms with E-state index in [4.69, 9.17) is 4.74 Å². The topological polar surface area (TPSA) is 82.4 Å². The van der Waals surface area contributed by atoms with Crippen LogP contribution in [0.5, 0.6) is 0 Å². The molecule has 0 aliphatic carbocycles. The number of rotatable bonds is 4. The Bertz CT molecular complexity index is 921. The summed E-state index contributed by atoms with van der Waals surface area (Å²) in [5.41, 5.74) is 2.15. The number of ether oxygens (including phenoxy) is 1. The number of fused-ring (bicyclic) bond motifs is 1. The van der Waals surface area contributed by atoms with Crippen molar-refractivity contribution in [3.8, 4) is 6.07 Å². The summed E-state index contributed by atoms with van der Waals surface area (Å²) in [6.07, 6.45) is 4.26. The molecule has 0 bridgehead atoms. The van der Waals surface area contributed by atoms with E-state index in [-0.39, 0.29) is 12.0 Å². The molecule has 0 amide bonds. The highest BCUT2D eigenvalue weighted by molar-refractivity contribution is 5.92. The maximum atomic E-state index is 12.3. The lowest BCUT2D eigenvalue weighted by molar-refractivity contribution is -0.154. The molecule has 1 fully saturated rings. The maximum Gasteiger partial charge on any atom is 0.325 e. The minimum Gasteiger partial charge on any atom is -0.468 e. The van der Waals surface area contributed by atoms with E-state index < -0.39 is 5.54 Å². The van der Waals surface area contributed by atoms with Crippen LogP contribution in [0.3, 0.4) is 0 Å². The molecule has 0 spiro atoms. The molecule has 2 aromatic rings. The molecule has 2 atom stereocenters. The lowest BCUT2D eigenvalue weighted by Crippen LogP contribution is -2.58. The van der Waals surface area contributed by atoms with Gasteiger partial charge in [0.15, 0.2) is 0 Å². The minimum atomic E-state index is -0.714. The third-order valence-electron chi connectivity index (χ3n) is 5.82. The molecule has 0 saturated carbocycles. The Labute approximate surface area is 165 Å². The highest BCUT2D eigenvalue weighted by atomic mass is 16.5. The van der Waals surface area contributed by atoms with Crippen molar-refractivity contribution < 1.29 is 9.53 Å². The van der Waals surface area contributed by atoms with Gasteiger partial charge in [-0.3, -0.25) is 19.7 Å². The quantitative estimate of drug-likeness (QED) is 0.753. The summed E-state index contributed by atoms with van der Waals surface area (Å²) in [7, 11) is 3.41. The highest BCUT2D eigenvalue weighted by Gasteiger charge is 2.40. The molecule has 28 heavy (non-hydrogen) atoms. The number of piperidine rings is 1. The number of aromatic nitrogens is 2. The molecule has 0 N–H and O–H groups in total. The van der Waals surface area contributed by atoms with Crippen molar-refractivity contribution in [2.45, 2.75) is 38.8 Å². The fourth-order valence-corrected chi connectivity index (χ4v) is 4.03. The first kappa shape index (κ1) is 20.0. The van der Waals surface area contributed by atoms with E-state index in [9.17, 15) is 10.1 Å². The van der Waals surface area contributed by atoms with E-state index >= 15 is 0 Å². The van der Waals surface area contributed by atoms with E-state index in [0.29, 0.717) is 17.0 Å². The predicted molar refractivity (Wildman–Crippen MR) is 108 cm³/mol. The summed E-state index contributed by atoms with van der Waals surface area (Å²) in [4.78, 5) is 25.6. The number of nitrogens with zero attached hydrogens (tertiary/aromatic N) is 5. The highest BCUT2D eigenvalue weighted by Crippen LogP contribution is 2.32. The van der Waals surface area contributed by atoms with Crippen molar-refractivity contribution in [3.63, 3.8) is 0 Å². The first-order valence-electron chi connectivity index (χ1n) is 9.49. The number of esters is 1. The van der Waals surface area contributed by atoms with E-state index in [2.05, 4.69) is 32.8 Å². The zero-order valence-corrected chi connectivity index (χ0v) is 17.1. The smallest absolute Gasteiger partial charge is 0.325 e. The van der Waals surface area contributed by atoms with Crippen molar-refractivity contribution >= 4 is 22.7 Å². The molecular formula is C21H27N5O2. The Balaban J connectivity index is 1.95. The van der Waals surface area contributed by atoms with E-state index in [1.165, 1.54) is 7.11 Å². The monoisotopic (exact) mass is 381 g/mol. The first-order chi connectivity index (χ1) is 13.3. The number of methoxy groups -OCH3 is 1. The second kappa shape index (κ2) is 7.72. The summed E-state index contributed by atoms with van der Waals surface area (Å²) in [6.45, 7) is 7.66. The van der Waals surface area contributed by atoms with Gasteiger partial charge in [-0.1, -0.05) is 6.92 Å². The lowest BCUT2D eigenvalue weighted by Gasteiger charge is -2.46. The number of carbonyl (C=O) groups excluding carboxylic acids is 1. The fourth-order valence-electron chi connectivity index (χ4n) is 4.03. The van der Waals surface area contributed by atoms with Crippen molar-refractivity contribution in [2.75, 3.05) is 32.1 Å². The van der Waals surface area contributed by atoms with Crippen LogP contribution in [0, 0.1) is 17.2 Å². The van der Waals surface area contributed by atoms with Gasteiger partial charge in [-0.15, -0.1) is 0 Å². The number of carbonyl (C=O) groups is 1. The molecule has 7 nitrogen and oxygen atoms in total. The number of nitriles is 1. The SMILES string of the molecule is COC(=O)C(C)(C)N(C)[C@@H]1C[C@H](C)CN(c2ccc(C#N)c3nccnc23)C1. The Kier molecular flexibility index (Phi) is 5.52. The molecule has 2 heterocycles.